The van der Waals surface area contributed by atoms with Gasteiger partial charge in [0.15, 0.2) is 0 Å². The average molecular weight is 310 g/mol. The number of ether oxygens (including phenoxy) is 4. The number of rotatable bonds is 13. The standard InChI is InChI=1S/C18H30O4/c1-4-11-19-13-14-20-12-10-16(2)21-15-17(3)22-18-8-6-5-7-9-18/h5-9,16-17H,4,10-15H2,1-3H3. The van der Waals surface area contributed by atoms with Gasteiger partial charge in [-0.2, -0.15) is 0 Å². The van der Waals surface area contributed by atoms with Crippen LogP contribution in [-0.2, 0) is 14.2 Å². The number of hydrogen-bond donors (Lipinski definition) is 0. The molecule has 0 N–H and O–H groups in total. The van der Waals surface area contributed by atoms with Gasteiger partial charge in [-0.25, -0.2) is 0 Å². The van der Waals surface area contributed by atoms with Crippen molar-refractivity contribution >= 4 is 0 Å². The van der Waals surface area contributed by atoms with Crippen LogP contribution >= 0.6 is 0 Å². The third-order valence-corrected chi connectivity index (χ3v) is 3.09. The van der Waals surface area contributed by atoms with Gasteiger partial charge in [0.25, 0.3) is 0 Å². The van der Waals surface area contributed by atoms with Crippen molar-refractivity contribution in [3.8, 4) is 5.75 Å². The van der Waals surface area contributed by atoms with Crippen molar-refractivity contribution in [3.05, 3.63) is 30.3 Å². The van der Waals surface area contributed by atoms with Crippen molar-refractivity contribution in [2.75, 3.05) is 33.0 Å². The van der Waals surface area contributed by atoms with E-state index in [1.807, 2.05) is 37.3 Å². The third-order valence-electron chi connectivity index (χ3n) is 3.09. The van der Waals surface area contributed by atoms with Crippen LogP contribution in [0.5, 0.6) is 5.75 Å². The normalized spacial score (nSPS) is 13.8. The fourth-order valence-corrected chi connectivity index (χ4v) is 1.86. The Morgan fingerprint density at radius 2 is 1.55 bits per heavy atom. The minimum absolute atomic E-state index is 0.0354. The van der Waals surface area contributed by atoms with E-state index in [1.54, 1.807) is 0 Å². The summed E-state index contributed by atoms with van der Waals surface area (Å²) >= 11 is 0. The molecule has 22 heavy (non-hydrogen) atoms. The van der Waals surface area contributed by atoms with Crippen molar-refractivity contribution in [2.45, 2.75) is 45.8 Å². The molecule has 0 spiro atoms. The van der Waals surface area contributed by atoms with E-state index in [-0.39, 0.29) is 12.2 Å². The van der Waals surface area contributed by atoms with E-state index >= 15 is 0 Å². The molecule has 4 heteroatoms. The Labute approximate surface area is 134 Å². The van der Waals surface area contributed by atoms with Crippen LogP contribution in [0, 0.1) is 0 Å². The zero-order valence-corrected chi connectivity index (χ0v) is 14.1. The van der Waals surface area contributed by atoms with E-state index in [0.717, 1.165) is 25.2 Å². The maximum absolute atomic E-state index is 5.78. The van der Waals surface area contributed by atoms with Crippen molar-refractivity contribution in [1.82, 2.24) is 0 Å². The van der Waals surface area contributed by atoms with Gasteiger partial charge in [-0.3, -0.25) is 0 Å². The van der Waals surface area contributed by atoms with Gasteiger partial charge in [0.05, 0.1) is 25.9 Å². The largest absolute Gasteiger partial charge is 0.488 e. The Kier molecular flexibility index (Phi) is 10.7. The number of para-hydroxylation sites is 1. The van der Waals surface area contributed by atoms with Crippen LogP contribution in [0.3, 0.4) is 0 Å². The van der Waals surface area contributed by atoms with E-state index in [1.165, 1.54) is 0 Å². The van der Waals surface area contributed by atoms with Gasteiger partial charge in [0, 0.05) is 13.2 Å². The molecule has 0 radical (unpaired) electrons. The molecule has 1 rings (SSSR count). The van der Waals surface area contributed by atoms with E-state index in [2.05, 4.69) is 13.8 Å². The second kappa shape index (κ2) is 12.4. The Bertz CT molecular complexity index is 355. The van der Waals surface area contributed by atoms with Gasteiger partial charge in [0.1, 0.15) is 11.9 Å². The molecule has 1 aromatic carbocycles. The lowest BCUT2D eigenvalue weighted by molar-refractivity contribution is -0.0106. The first kappa shape index (κ1) is 18.9. The summed E-state index contributed by atoms with van der Waals surface area (Å²) in [7, 11) is 0. The van der Waals surface area contributed by atoms with Crippen LogP contribution in [0.1, 0.15) is 33.6 Å². The highest BCUT2D eigenvalue weighted by Gasteiger charge is 2.08. The topological polar surface area (TPSA) is 36.9 Å². The fraction of sp³-hybridized carbons (Fsp3) is 0.667. The Hall–Kier alpha value is -1.10. The second-order valence-corrected chi connectivity index (χ2v) is 5.40. The molecule has 0 aromatic heterocycles. The second-order valence-electron chi connectivity index (χ2n) is 5.40. The van der Waals surface area contributed by atoms with Crippen LogP contribution in [0.4, 0.5) is 0 Å². The Morgan fingerprint density at radius 1 is 0.864 bits per heavy atom. The summed E-state index contributed by atoms with van der Waals surface area (Å²) in [5.74, 6) is 0.877. The van der Waals surface area contributed by atoms with Crippen LogP contribution in [-0.4, -0.2) is 45.2 Å². The summed E-state index contributed by atoms with van der Waals surface area (Å²) in [4.78, 5) is 0. The maximum Gasteiger partial charge on any atom is 0.119 e. The van der Waals surface area contributed by atoms with E-state index in [4.69, 9.17) is 18.9 Å². The molecule has 4 nitrogen and oxygen atoms in total. The lowest BCUT2D eigenvalue weighted by Gasteiger charge is -2.18. The third kappa shape index (κ3) is 9.77. The summed E-state index contributed by atoms with van der Waals surface area (Å²) in [5, 5.41) is 0. The Balaban J connectivity index is 1.99. The molecule has 0 amide bonds. The molecule has 0 bridgehead atoms. The van der Waals surface area contributed by atoms with Crippen LogP contribution < -0.4 is 4.74 Å². The first-order valence-corrected chi connectivity index (χ1v) is 8.21. The molecule has 2 atom stereocenters. The fourth-order valence-electron chi connectivity index (χ4n) is 1.86. The monoisotopic (exact) mass is 310 g/mol. The summed E-state index contributed by atoms with van der Waals surface area (Å²) in [6.45, 7) is 9.59. The maximum atomic E-state index is 5.78. The van der Waals surface area contributed by atoms with Gasteiger partial charge in [0.2, 0.25) is 0 Å². The molecule has 0 aliphatic carbocycles. The molecule has 0 heterocycles. The van der Waals surface area contributed by atoms with Gasteiger partial charge in [-0.05, 0) is 38.8 Å². The van der Waals surface area contributed by atoms with Crippen molar-refractivity contribution in [3.63, 3.8) is 0 Å². The van der Waals surface area contributed by atoms with Crippen LogP contribution in [0.2, 0.25) is 0 Å². The number of hydrogen-bond acceptors (Lipinski definition) is 4. The lowest BCUT2D eigenvalue weighted by atomic mass is 10.3. The lowest BCUT2D eigenvalue weighted by Crippen LogP contribution is -2.23. The zero-order valence-electron chi connectivity index (χ0n) is 14.1. The van der Waals surface area contributed by atoms with Crippen LogP contribution in [0.25, 0.3) is 0 Å². The minimum Gasteiger partial charge on any atom is -0.488 e. The minimum atomic E-state index is 0.0354. The quantitative estimate of drug-likeness (QED) is 0.521. The molecule has 0 aliphatic heterocycles. The van der Waals surface area contributed by atoms with Gasteiger partial charge >= 0.3 is 0 Å². The van der Waals surface area contributed by atoms with Crippen LogP contribution in [0.15, 0.2) is 30.3 Å². The van der Waals surface area contributed by atoms with E-state index < -0.39 is 0 Å². The van der Waals surface area contributed by atoms with Gasteiger partial charge in [-0.15, -0.1) is 0 Å². The summed E-state index contributed by atoms with van der Waals surface area (Å²) in [5.41, 5.74) is 0. The highest BCUT2D eigenvalue weighted by molar-refractivity contribution is 5.21. The Morgan fingerprint density at radius 3 is 2.23 bits per heavy atom. The average Bonchev–Trinajstić information content (AvgIpc) is 2.53. The highest BCUT2D eigenvalue weighted by Crippen LogP contribution is 2.11. The first-order chi connectivity index (χ1) is 10.7. The summed E-state index contributed by atoms with van der Waals surface area (Å²) in [6.07, 6.45) is 2.13. The molecule has 0 saturated carbocycles. The molecule has 2 unspecified atom stereocenters. The van der Waals surface area contributed by atoms with Crippen molar-refractivity contribution in [1.29, 1.82) is 0 Å². The first-order valence-electron chi connectivity index (χ1n) is 8.21. The molecular formula is C18H30O4. The smallest absolute Gasteiger partial charge is 0.119 e. The number of benzene rings is 1. The molecule has 126 valence electrons. The molecule has 0 fully saturated rings. The van der Waals surface area contributed by atoms with E-state index in [9.17, 15) is 0 Å². The van der Waals surface area contributed by atoms with Gasteiger partial charge < -0.3 is 18.9 Å². The predicted molar refractivity (Wildman–Crippen MR) is 88.5 cm³/mol. The van der Waals surface area contributed by atoms with Crippen molar-refractivity contribution < 1.29 is 18.9 Å². The molecule has 0 saturated heterocycles. The summed E-state index contributed by atoms with van der Waals surface area (Å²) < 4.78 is 22.4. The molecule has 0 aliphatic rings. The SMILES string of the molecule is CCCOCCOCCC(C)OCC(C)Oc1ccccc1. The summed E-state index contributed by atoms with van der Waals surface area (Å²) in [6, 6.07) is 9.81. The highest BCUT2D eigenvalue weighted by atomic mass is 16.5. The predicted octanol–water partition coefficient (Wildman–Crippen LogP) is 3.69. The van der Waals surface area contributed by atoms with E-state index in [0.29, 0.717) is 26.4 Å². The van der Waals surface area contributed by atoms with Crippen molar-refractivity contribution in [2.24, 2.45) is 0 Å². The van der Waals surface area contributed by atoms with Gasteiger partial charge in [-0.1, -0.05) is 25.1 Å². The zero-order chi connectivity index (χ0) is 16.0. The molecular weight excluding hydrogens is 280 g/mol. The molecule has 1 aromatic rings.